The molecule has 0 bridgehead atoms. The van der Waals surface area contributed by atoms with E-state index in [1.165, 1.54) is 44.9 Å². The van der Waals surface area contributed by atoms with Crippen LogP contribution in [0.3, 0.4) is 0 Å². The monoisotopic (exact) mass is 415 g/mol. The van der Waals surface area contributed by atoms with Gasteiger partial charge in [-0.25, -0.2) is 14.0 Å². The third-order valence-corrected chi connectivity index (χ3v) is 5.43. The standard InChI is InChI=1S/C21H38NO5P/c1-2-3-4-5-6-7-8-9-10-11-12-13-14-15-16-17-20(24)22(28-27)19(18-23)21(25)26/h9-10,19,23H,2-8,11-18H2,1H3,(H,25,26). The quantitative estimate of drug-likeness (QED) is 0.165. The second-order valence-electron chi connectivity index (χ2n) is 7.19. The highest BCUT2D eigenvalue weighted by Gasteiger charge is 2.29. The molecule has 0 saturated heterocycles. The summed E-state index contributed by atoms with van der Waals surface area (Å²) in [6.07, 6.45) is 19.7. The van der Waals surface area contributed by atoms with Crippen LogP contribution >= 0.6 is 8.61 Å². The first-order valence-electron chi connectivity index (χ1n) is 10.7. The van der Waals surface area contributed by atoms with Gasteiger partial charge in [0, 0.05) is 6.42 Å². The van der Waals surface area contributed by atoms with Gasteiger partial charge in [0.15, 0.2) is 6.04 Å². The Bertz CT molecular complexity index is 456. The first kappa shape index (κ1) is 26.7. The molecule has 0 aliphatic carbocycles. The number of unbranched alkanes of at least 4 members (excludes halogenated alkanes) is 11. The van der Waals surface area contributed by atoms with Gasteiger partial charge in [-0.05, 0) is 32.1 Å². The molecule has 0 spiro atoms. The van der Waals surface area contributed by atoms with Crippen LogP contribution in [0.5, 0.6) is 0 Å². The van der Waals surface area contributed by atoms with Crippen LogP contribution in [0, 0.1) is 0 Å². The van der Waals surface area contributed by atoms with Crippen LogP contribution in [0.1, 0.15) is 96.8 Å². The average Bonchev–Trinajstić information content (AvgIpc) is 2.68. The van der Waals surface area contributed by atoms with Gasteiger partial charge >= 0.3 is 5.97 Å². The molecule has 1 unspecified atom stereocenters. The van der Waals surface area contributed by atoms with E-state index in [-0.39, 0.29) is 6.42 Å². The summed E-state index contributed by atoms with van der Waals surface area (Å²) in [5, 5.41) is 18.0. The lowest BCUT2D eigenvalue weighted by molar-refractivity contribution is -0.147. The van der Waals surface area contributed by atoms with Gasteiger partial charge in [0.25, 0.3) is 8.61 Å². The summed E-state index contributed by atoms with van der Waals surface area (Å²) >= 11 is 0. The number of carbonyl (C=O) groups is 2. The van der Waals surface area contributed by atoms with Gasteiger partial charge in [0.05, 0.1) is 6.61 Å². The van der Waals surface area contributed by atoms with E-state index in [9.17, 15) is 14.2 Å². The maximum absolute atomic E-state index is 11.9. The number of hydrogen-bond donors (Lipinski definition) is 2. The normalized spacial score (nSPS) is 12.5. The minimum absolute atomic E-state index is 0.150. The number of hydrogen-bond acceptors (Lipinski definition) is 4. The fraction of sp³-hybridized carbons (Fsp3) is 0.810. The molecule has 0 aromatic heterocycles. The zero-order valence-electron chi connectivity index (χ0n) is 17.4. The summed E-state index contributed by atoms with van der Waals surface area (Å²) in [6.45, 7) is 1.49. The Balaban J connectivity index is 3.63. The van der Waals surface area contributed by atoms with Crippen LogP contribution in [-0.4, -0.2) is 39.4 Å². The van der Waals surface area contributed by atoms with Crippen molar-refractivity contribution in [2.75, 3.05) is 6.61 Å². The molecule has 0 fully saturated rings. The Labute approximate surface area is 171 Å². The number of carbonyl (C=O) groups excluding carboxylic acids is 1. The lowest BCUT2D eigenvalue weighted by Crippen LogP contribution is -2.41. The SMILES string of the molecule is CCCCCCCCC=CCCCCCCCC(=O)N(P=O)C(CO)C(=O)O. The predicted octanol–water partition coefficient (Wildman–Crippen LogP) is 5.50. The van der Waals surface area contributed by atoms with Crippen molar-refractivity contribution in [3.8, 4) is 0 Å². The summed E-state index contributed by atoms with van der Waals surface area (Å²) in [4.78, 5) is 22.9. The van der Waals surface area contributed by atoms with E-state index in [4.69, 9.17) is 10.2 Å². The fourth-order valence-corrected chi connectivity index (χ4v) is 3.47. The van der Waals surface area contributed by atoms with Crippen molar-refractivity contribution in [2.45, 2.75) is 103 Å². The highest BCUT2D eigenvalue weighted by atomic mass is 31.1. The predicted molar refractivity (Wildman–Crippen MR) is 112 cm³/mol. The van der Waals surface area contributed by atoms with E-state index < -0.39 is 33.1 Å². The number of amides is 1. The highest BCUT2D eigenvalue weighted by molar-refractivity contribution is 7.22. The van der Waals surface area contributed by atoms with E-state index in [1.54, 1.807) is 0 Å². The minimum Gasteiger partial charge on any atom is -0.480 e. The Kier molecular flexibility index (Phi) is 18.2. The number of aliphatic carboxylic acids is 1. The molecule has 0 aliphatic rings. The molecule has 0 aliphatic heterocycles. The fourth-order valence-electron chi connectivity index (χ4n) is 3.00. The number of aliphatic hydroxyl groups excluding tert-OH is 1. The van der Waals surface area contributed by atoms with E-state index in [1.807, 2.05) is 0 Å². The maximum Gasteiger partial charge on any atom is 0.329 e. The number of allylic oxidation sites excluding steroid dienone is 2. The topological polar surface area (TPSA) is 94.9 Å². The van der Waals surface area contributed by atoms with Crippen LogP contribution in [0.15, 0.2) is 12.2 Å². The smallest absolute Gasteiger partial charge is 0.329 e. The molecule has 0 rings (SSSR count). The van der Waals surface area contributed by atoms with Gasteiger partial charge in [-0.1, -0.05) is 70.4 Å². The average molecular weight is 416 g/mol. The summed E-state index contributed by atoms with van der Waals surface area (Å²) in [7, 11) is -0.691. The molecule has 0 radical (unpaired) electrons. The Morgan fingerprint density at radius 2 is 1.39 bits per heavy atom. The Hall–Kier alpha value is -1.26. The van der Waals surface area contributed by atoms with Crippen LogP contribution in [0.4, 0.5) is 0 Å². The molecule has 6 nitrogen and oxygen atoms in total. The summed E-state index contributed by atoms with van der Waals surface area (Å²) < 4.78 is 11.7. The first-order chi connectivity index (χ1) is 13.6. The van der Waals surface area contributed by atoms with Crippen LogP contribution < -0.4 is 0 Å². The van der Waals surface area contributed by atoms with Crippen molar-refractivity contribution in [2.24, 2.45) is 0 Å². The van der Waals surface area contributed by atoms with Gasteiger partial charge in [-0.2, -0.15) is 0 Å². The van der Waals surface area contributed by atoms with Crippen molar-refractivity contribution in [1.29, 1.82) is 0 Å². The molecule has 0 aromatic rings. The van der Waals surface area contributed by atoms with Crippen LogP contribution in [-0.2, 0) is 14.2 Å². The molecule has 0 heterocycles. The largest absolute Gasteiger partial charge is 0.480 e. The zero-order chi connectivity index (χ0) is 21.0. The van der Waals surface area contributed by atoms with Gasteiger partial charge in [0.2, 0.25) is 5.91 Å². The lowest BCUT2D eigenvalue weighted by atomic mass is 10.1. The molecule has 1 atom stereocenters. The molecule has 28 heavy (non-hydrogen) atoms. The van der Waals surface area contributed by atoms with Gasteiger partial charge in [0.1, 0.15) is 0 Å². The van der Waals surface area contributed by atoms with Gasteiger partial charge in [-0.3, -0.25) is 4.79 Å². The van der Waals surface area contributed by atoms with Crippen LogP contribution in [0.2, 0.25) is 0 Å². The second-order valence-corrected chi connectivity index (χ2v) is 7.79. The van der Waals surface area contributed by atoms with Gasteiger partial charge in [-0.15, -0.1) is 0 Å². The molecule has 7 heteroatoms. The van der Waals surface area contributed by atoms with Crippen molar-refractivity contribution in [3.05, 3.63) is 12.2 Å². The minimum atomic E-state index is -1.45. The zero-order valence-corrected chi connectivity index (χ0v) is 18.2. The van der Waals surface area contributed by atoms with Crippen molar-refractivity contribution in [3.63, 3.8) is 0 Å². The third-order valence-electron chi connectivity index (χ3n) is 4.75. The highest BCUT2D eigenvalue weighted by Crippen LogP contribution is 2.16. The number of rotatable bonds is 19. The first-order valence-corrected chi connectivity index (χ1v) is 11.5. The number of carboxylic acids is 1. The lowest BCUT2D eigenvalue weighted by Gasteiger charge is -2.20. The molecule has 1 amide bonds. The third kappa shape index (κ3) is 13.8. The van der Waals surface area contributed by atoms with Crippen LogP contribution in [0.25, 0.3) is 0 Å². The molecular weight excluding hydrogens is 377 g/mol. The second kappa shape index (κ2) is 19.1. The number of nitrogens with zero attached hydrogens (tertiary/aromatic N) is 1. The number of carboxylic acid groups (broad SMARTS) is 1. The van der Waals surface area contributed by atoms with Crippen molar-refractivity contribution < 1.29 is 24.4 Å². The van der Waals surface area contributed by atoms with E-state index in [0.29, 0.717) is 11.1 Å². The molecule has 2 N–H and O–H groups in total. The van der Waals surface area contributed by atoms with E-state index in [0.717, 1.165) is 32.1 Å². The number of aliphatic hydroxyl groups is 1. The summed E-state index contributed by atoms with van der Waals surface area (Å²) in [5.41, 5.74) is 0. The Morgan fingerprint density at radius 1 is 0.893 bits per heavy atom. The molecular formula is C21H38NO5P. The molecule has 0 aromatic carbocycles. The van der Waals surface area contributed by atoms with Gasteiger partial charge < -0.3 is 10.2 Å². The Morgan fingerprint density at radius 3 is 1.86 bits per heavy atom. The summed E-state index contributed by atoms with van der Waals surface area (Å²) in [6, 6.07) is -1.45. The molecule has 162 valence electrons. The van der Waals surface area contributed by atoms with E-state index in [2.05, 4.69) is 19.1 Å². The van der Waals surface area contributed by atoms with Crippen molar-refractivity contribution in [1.82, 2.24) is 4.67 Å². The van der Waals surface area contributed by atoms with E-state index >= 15 is 0 Å². The van der Waals surface area contributed by atoms with Crippen molar-refractivity contribution >= 4 is 20.5 Å². The summed E-state index contributed by atoms with van der Waals surface area (Å²) in [5.74, 6) is -1.86. The molecule has 0 saturated carbocycles. The maximum atomic E-state index is 11.9.